The Labute approximate surface area is 147 Å². The fourth-order valence-corrected chi connectivity index (χ4v) is 2.96. The highest BCUT2D eigenvalue weighted by atomic mass is 35.5. The van der Waals surface area contributed by atoms with E-state index in [0.29, 0.717) is 24.8 Å². The SMILES string of the molecule is COCCn1c(COc2ccc(C)cc2C)nc2ccc(Cl)cc21. The highest BCUT2D eigenvalue weighted by molar-refractivity contribution is 6.31. The van der Waals surface area contributed by atoms with E-state index in [1.807, 2.05) is 24.3 Å². The van der Waals surface area contributed by atoms with Crippen LogP contribution in [-0.2, 0) is 17.9 Å². The number of aromatic nitrogens is 2. The molecule has 24 heavy (non-hydrogen) atoms. The summed E-state index contributed by atoms with van der Waals surface area (Å²) >= 11 is 6.14. The molecule has 5 heteroatoms. The topological polar surface area (TPSA) is 36.3 Å². The van der Waals surface area contributed by atoms with Gasteiger partial charge >= 0.3 is 0 Å². The molecule has 0 N–H and O–H groups in total. The molecule has 0 spiro atoms. The third-order valence-electron chi connectivity index (χ3n) is 4.00. The van der Waals surface area contributed by atoms with Gasteiger partial charge in [-0.2, -0.15) is 0 Å². The van der Waals surface area contributed by atoms with Crippen molar-refractivity contribution in [3.63, 3.8) is 0 Å². The van der Waals surface area contributed by atoms with Crippen molar-refractivity contribution < 1.29 is 9.47 Å². The quantitative estimate of drug-likeness (QED) is 0.659. The molecule has 3 aromatic rings. The van der Waals surface area contributed by atoms with Crippen LogP contribution in [0.15, 0.2) is 36.4 Å². The van der Waals surface area contributed by atoms with Gasteiger partial charge in [-0.3, -0.25) is 0 Å². The zero-order chi connectivity index (χ0) is 17.1. The average molecular weight is 345 g/mol. The van der Waals surface area contributed by atoms with Crippen LogP contribution < -0.4 is 4.74 Å². The molecule has 0 saturated carbocycles. The molecule has 4 nitrogen and oxygen atoms in total. The van der Waals surface area contributed by atoms with Crippen molar-refractivity contribution in [2.45, 2.75) is 27.0 Å². The van der Waals surface area contributed by atoms with Gasteiger partial charge in [-0.05, 0) is 43.7 Å². The molecule has 0 radical (unpaired) electrons. The summed E-state index contributed by atoms with van der Waals surface area (Å²) in [5.74, 6) is 1.74. The van der Waals surface area contributed by atoms with Gasteiger partial charge in [-0.25, -0.2) is 4.98 Å². The molecular formula is C19H21ClN2O2. The maximum Gasteiger partial charge on any atom is 0.148 e. The summed E-state index contributed by atoms with van der Waals surface area (Å²) in [4.78, 5) is 4.69. The lowest BCUT2D eigenvalue weighted by Crippen LogP contribution is -2.11. The normalized spacial score (nSPS) is 11.2. The number of hydrogen-bond donors (Lipinski definition) is 0. The number of imidazole rings is 1. The Morgan fingerprint density at radius 3 is 2.71 bits per heavy atom. The Balaban J connectivity index is 1.90. The van der Waals surface area contributed by atoms with Crippen LogP contribution in [0.1, 0.15) is 17.0 Å². The van der Waals surface area contributed by atoms with Gasteiger partial charge in [0.1, 0.15) is 18.2 Å². The molecule has 0 aliphatic carbocycles. The van der Waals surface area contributed by atoms with Gasteiger partial charge in [0.15, 0.2) is 0 Å². The number of ether oxygens (including phenoxy) is 2. The van der Waals surface area contributed by atoms with E-state index in [9.17, 15) is 0 Å². The maximum absolute atomic E-state index is 6.14. The molecule has 0 atom stereocenters. The van der Waals surface area contributed by atoms with Crippen LogP contribution in [0.3, 0.4) is 0 Å². The highest BCUT2D eigenvalue weighted by Crippen LogP contribution is 2.23. The second-order valence-electron chi connectivity index (χ2n) is 5.86. The first-order valence-electron chi connectivity index (χ1n) is 7.92. The number of aryl methyl sites for hydroxylation is 2. The predicted molar refractivity (Wildman–Crippen MR) is 96.9 cm³/mol. The van der Waals surface area contributed by atoms with E-state index in [1.54, 1.807) is 7.11 Å². The van der Waals surface area contributed by atoms with Crippen molar-refractivity contribution in [1.29, 1.82) is 0 Å². The minimum absolute atomic E-state index is 0.403. The molecule has 0 saturated heterocycles. The van der Waals surface area contributed by atoms with Crippen LogP contribution in [0.5, 0.6) is 5.75 Å². The Kier molecular flexibility index (Phi) is 5.07. The summed E-state index contributed by atoms with van der Waals surface area (Å²) in [5.41, 5.74) is 4.26. The summed E-state index contributed by atoms with van der Waals surface area (Å²) < 4.78 is 13.3. The smallest absolute Gasteiger partial charge is 0.148 e. The Morgan fingerprint density at radius 1 is 1.12 bits per heavy atom. The average Bonchev–Trinajstić information content (AvgIpc) is 2.89. The number of nitrogens with zero attached hydrogens (tertiary/aromatic N) is 2. The van der Waals surface area contributed by atoms with Crippen molar-refractivity contribution >= 4 is 22.6 Å². The van der Waals surface area contributed by atoms with Crippen molar-refractivity contribution in [1.82, 2.24) is 9.55 Å². The van der Waals surface area contributed by atoms with Crippen LogP contribution >= 0.6 is 11.6 Å². The molecule has 0 unspecified atom stereocenters. The molecule has 1 heterocycles. The number of benzene rings is 2. The molecule has 2 aromatic carbocycles. The van der Waals surface area contributed by atoms with Gasteiger partial charge in [-0.1, -0.05) is 29.3 Å². The third kappa shape index (κ3) is 3.55. The lowest BCUT2D eigenvalue weighted by molar-refractivity contribution is 0.185. The van der Waals surface area contributed by atoms with Gasteiger partial charge < -0.3 is 14.0 Å². The first-order chi connectivity index (χ1) is 11.6. The summed E-state index contributed by atoms with van der Waals surface area (Å²) in [6, 6.07) is 11.9. The minimum atomic E-state index is 0.403. The molecule has 0 aliphatic rings. The van der Waals surface area contributed by atoms with Gasteiger partial charge in [0, 0.05) is 18.7 Å². The van der Waals surface area contributed by atoms with Gasteiger partial charge in [0.2, 0.25) is 0 Å². The Bertz CT molecular complexity index is 858. The fourth-order valence-electron chi connectivity index (χ4n) is 2.79. The fraction of sp³-hybridized carbons (Fsp3) is 0.316. The van der Waals surface area contributed by atoms with Crippen LogP contribution in [0, 0.1) is 13.8 Å². The second-order valence-corrected chi connectivity index (χ2v) is 6.30. The van der Waals surface area contributed by atoms with Crippen LogP contribution in [0.2, 0.25) is 5.02 Å². The summed E-state index contributed by atoms with van der Waals surface area (Å²) in [7, 11) is 1.69. The first kappa shape index (κ1) is 16.8. The van der Waals surface area contributed by atoms with E-state index < -0.39 is 0 Å². The van der Waals surface area contributed by atoms with E-state index >= 15 is 0 Å². The van der Waals surface area contributed by atoms with Gasteiger partial charge in [-0.15, -0.1) is 0 Å². The van der Waals surface area contributed by atoms with Gasteiger partial charge in [0.25, 0.3) is 0 Å². The van der Waals surface area contributed by atoms with Crippen molar-refractivity contribution in [2.24, 2.45) is 0 Å². The largest absolute Gasteiger partial charge is 0.485 e. The number of rotatable bonds is 6. The Hall–Kier alpha value is -2.04. The monoisotopic (exact) mass is 344 g/mol. The van der Waals surface area contributed by atoms with Crippen LogP contribution in [0.25, 0.3) is 11.0 Å². The molecule has 0 aliphatic heterocycles. The Morgan fingerprint density at radius 2 is 1.96 bits per heavy atom. The van der Waals surface area contributed by atoms with E-state index in [4.69, 9.17) is 26.1 Å². The van der Waals surface area contributed by atoms with Gasteiger partial charge in [0.05, 0.1) is 17.6 Å². The van der Waals surface area contributed by atoms with E-state index in [-0.39, 0.29) is 0 Å². The van der Waals surface area contributed by atoms with Crippen molar-refractivity contribution in [3.8, 4) is 5.75 Å². The molecule has 0 bridgehead atoms. The lowest BCUT2D eigenvalue weighted by Gasteiger charge is -2.12. The second kappa shape index (κ2) is 7.24. The first-order valence-corrected chi connectivity index (χ1v) is 8.30. The highest BCUT2D eigenvalue weighted by Gasteiger charge is 2.12. The zero-order valence-electron chi connectivity index (χ0n) is 14.2. The van der Waals surface area contributed by atoms with E-state index in [1.165, 1.54) is 5.56 Å². The van der Waals surface area contributed by atoms with Crippen molar-refractivity contribution in [3.05, 3.63) is 58.4 Å². The summed E-state index contributed by atoms with van der Waals surface area (Å²) in [6.07, 6.45) is 0. The van der Waals surface area contributed by atoms with E-state index in [2.05, 4.69) is 30.5 Å². The molecule has 3 rings (SSSR count). The summed E-state index contributed by atoms with van der Waals surface area (Å²) in [5, 5.41) is 0.697. The van der Waals surface area contributed by atoms with E-state index in [0.717, 1.165) is 28.2 Å². The summed E-state index contributed by atoms with van der Waals surface area (Å²) in [6.45, 7) is 5.84. The third-order valence-corrected chi connectivity index (χ3v) is 4.23. The molecular weight excluding hydrogens is 324 g/mol. The zero-order valence-corrected chi connectivity index (χ0v) is 14.9. The lowest BCUT2D eigenvalue weighted by atomic mass is 10.1. The number of methoxy groups -OCH3 is 1. The minimum Gasteiger partial charge on any atom is -0.485 e. The van der Waals surface area contributed by atoms with Crippen LogP contribution in [-0.4, -0.2) is 23.3 Å². The molecule has 0 fully saturated rings. The number of hydrogen-bond acceptors (Lipinski definition) is 3. The molecule has 126 valence electrons. The van der Waals surface area contributed by atoms with Crippen molar-refractivity contribution in [2.75, 3.05) is 13.7 Å². The predicted octanol–water partition coefficient (Wildman–Crippen LogP) is 4.53. The molecule has 1 aromatic heterocycles. The van der Waals surface area contributed by atoms with Crippen LogP contribution in [0.4, 0.5) is 0 Å². The maximum atomic E-state index is 6.14. The number of fused-ring (bicyclic) bond motifs is 1. The standard InChI is InChI=1S/C19H21ClN2O2/c1-13-4-7-18(14(2)10-13)24-12-19-21-16-6-5-15(20)11-17(16)22(19)8-9-23-3/h4-7,10-11H,8-9,12H2,1-3H3. The molecule has 0 amide bonds. The number of halogens is 1.